The van der Waals surface area contributed by atoms with E-state index in [1.165, 1.54) is 0 Å². The Hall–Kier alpha value is -3.35. The molecule has 1 N–H and O–H groups in total. The number of hydrogen-bond acceptors (Lipinski definition) is 6. The van der Waals surface area contributed by atoms with Crippen LogP contribution in [0.2, 0.25) is 0 Å². The number of hydrogen-bond donors (Lipinski definition) is 1. The van der Waals surface area contributed by atoms with Crippen molar-refractivity contribution in [1.82, 2.24) is 0 Å². The predicted octanol–water partition coefficient (Wildman–Crippen LogP) is 5.37. The van der Waals surface area contributed by atoms with Gasteiger partial charge in [-0.2, -0.15) is 0 Å². The summed E-state index contributed by atoms with van der Waals surface area (Å²) in [6.45, 7) is 2.63. The highest BCUT2D eigenvalue weighted by atomic mass is 32.1. The van der Waals surface area contributed by atoms with E-state index in [4.69, 9.17) is 9.15 Å². The number of phenolic OH excluding ortho intramolecular Hbond substituents is 1. The van der Waals surface area contributed by atoms with E-state index in [1.54, 1.807) is 23.5 Å². The maximum Gasteiger partial charge on any atom is 0.200 e. The number of benzene rings is 3. The molecule has 1 aliphatic heterocycles. The normalized spacial score (nSPS) is 14.6. The average Bonchev–Trinajstić information content (AvgIpc) is 3.19. The Labute approximate surface area is 181 Å². The molecule has 5 aromatic rings. The van der Waals surface area contributed by atoms with Crippen LogP contribution in [-0.4, -0.2) is 31.4 Å². The van der Waals surface area contributed by atoms with Gasteiger partial charge in [0.2, 0.25) is 0 Å². The third-order valence-corrected chi connectivity index (χ3v) is 7.06. The molecule has 31 heavy (non-hydrogen) atoms. The molecule has 0 saturated carbocycles. The Kier molecular flexibility index (Phi) is 4.23. The fraction of sp³-hybridized carbons (Fsp3) is 0.160. The lowest BCUT2D eigenvalue weighted by Crippen LogP contribution is -2.36. The fourth-order valence-electron chi connectivity index (χ4n) is 4.36. The minimum Gasteiger partial charge on any atom is -0.507 e. The number of rotatable bonds is 2. The smallest absolute Gasteiger partial charge is 0.200 e. The first-order valence-corrected chi connectivity index (χ1v) is 11.1. The third-order valence-electron chi connectivity index (χ3n) is 5.86. The van der Waals surface area contributed by atoms with Gasteiger partial charge in [0.05, 0.1) is 18.6 Å². The average molecular weight is 429 g/mol. The van der Waals surface area contributed by atoms with Crippen LogP contribution >= 0.6 is 11.3 Å². The van der Waals surface area contributed by atoms with Gasteiger partial charge in [0.15, 0.2) is 11.3 Å². The number of nitrogens with zero attached hydrogens (tertiary/aromatic N) is 1. The Balaban J connectivity index is 1.64. The highest BCUT2D eigenvalue weighted by Crippen LogP contribution is 2.44. The van der Waals surface area contributed by atoms with Gasteiger partial charge in [-0.25, -0.2) is 0 Å². The van der Waals surface area contributed by atoms with Crippen molar-refractivity contribution < 1.29 is 14.3 Å². The fourth-order valence-corrected chi connectivity index (χ4v) is 5.61. The van der Waals surface area contributed by atoms with E-state index < -0.39 is 0 Å². The van der Waals surface area contributed by atoms with E-state index in [9.17, 15) is 9.90 Å². The van der Waals surface area contributed by atoms with Crippen LogP contribution in [0.25, 0.3) is 42.3 Å². The second kappa shape index (κ2) is 7.11. The summed E-state index contributed by atoms with van der Waals surface area (Å²) in [4.78, 5) is 15.0. The van der Waals surface area contributed by atoms with Crippen molar-refractivity contribution in [3.8, 4) is 16.9 Å². The molecule has 5 nitrogen and oxygen atoms in total. The summed E-state index contributed by atoms with van der Waals surface area (Å²) in [5.74, 6) is 0.856. The Morgan fingerprint density at radius 3 is 2.48 bits per heavy atom. The number of anilines is 1. The lowest BCUT2D eigenvalue weighted by molar-refractivity contribution is 0.121. The molecule has 1 saturated heterocycles. The van der Waals surface area contributed by atoms with E-state index in [2.05, 4.69) is 4.90 Å². The topological polar surface area (TPSA) is 62.9 Å². The lowest BCUT2D eigenvalue weighted by atomic mass is 10.0. The minimum atomic E-state index is -0.0502. The molecule has 3 aromatic carbocycles. The maximum absolute atomic E-state index is 12.9. The zero-order chi connectivity index (χ0) is 20.9. The second-order valence-corrected chi connectivity index (χ2v) is 8.72. The minimum absolute atomic E-state index is 0.0502. The first kappa shape index (κ1) is 18.4. The van der Waals surface area contributed by atoms with Gasteiger partial charge in [-0.1, -0.05) is 36.4 Å². The molecule has 6 heteroatoms. The van der Waals surface area contributed by atoms with E-state index in [-0.39, 0.29) is 11.2 Å². The van der Waals surface area contributed by atoms with Crippen LogP contribution in [0.1, 0.15) is 0 Å². The number of morpholine rings is 1. The first-order valence-electron chi connectivity index (χ1n) is 10.2. The Morgan fingerprint density at radius 2 is 1.65 bits per heavy atom. The zero-order valence-corrected chi connectivity index (χ0v) is 17.4. The van der Waals surface area contributed by atoms with Crippen molar-refractivity contribution in [1.29, 1.82) is 0 Å². The third kappa shape index (κ3) is 2.91. The molecule has 0 aliphatic carbocycles. The van der Waals surface area contributed by atoms with Gasteiger partial charge in [-0.05, 0) is 18.2 Å². The van der Waals surface area contributed by atoms with E-state index in [1.807, 2.05) is 48.5 Å². The van der Waals surface area contributed by atoms with Crippen LogP contribution in [0.15, 0.2) is 69.9 Å². The molecule has 1 aliphatic rings. The summed E-state index contributed by atoms with van der Waals surface area (Å²) in [7, 11) is 0. The standard InChI is InChI=1S/C25H19NO4S/c27-19-8-3-9-21-23(19)18-7-2-5-16(25(18)31-21)15-4-1-6-17-20(28)14-22(30-24(15)17)26-10-12-29-13-11-26/h1-9,14,27H,10-13H2. The van der Waals surface area contributed by atoms with Crippen LogP contribution in [0.4, 0.5) is 5.88 Å². The predicted molar refractivity (Wildman–Crippen MR) is 126 cm³/mol. The van der Waals surface area contributed by atoms with E-state index in [0.717, 1.165) is 31.3 Å². The molecule has 3 heterocycles. The number of thiophene rings is 1. The number of phenols is 1. The summed E-state index contributed by atoms with van der Waals surface area (Å²) in [5, 5.41) is 12.9. The number of aromatic hydroxyl groups is 1. The van der Waals surface area contributed by atoms with Crippen LogP contribution in [0.3, 0.4) is 0 Å². The van der Waals surface area contributed by atoms with Crippen molar-refractivity contribution in [2.45, 2.75) is 0 Å². The van der Waals surface area contributed by atoms with Crippen molar-refractivity contribution >= 4 is 48.4 Å². The van der Waals surface area contributed by atoms with Gasteiger partial charge in [0.25, 0.3) is 0 Å². The SMILES string of the molecule is O=c1cc(N2CCOCC2)oc2c(-c3cccc4c3sc3cccc(O)c34)cccc12. The highest BCUT2D eigenvalue weighted by Gasteiger charge is 2.19. The molecule has 0 unspecified atom stereocenters. The van der Waals surface area contributed by atoms with Gasteiger partial charge in [0.1, 0.15) is 11.3 Å². The quantitative estimate of drug-likeness (QED) is 0.409. The molecule has 0 radical (unpaired) electrons. The van der Waals surface area contributed by atoms with Gasteiger partial charge in [-0.15, -0.1) is 11.3 Å². The van der Waals surface area contributed by atoms with Gasteiger partial charge < -0.3 is 19.2 Å². The van der Waals surface area contributed by atoms with E-state index >= 15 is 0 Å². The van der Waals surface area contributed by atoms with Gasteiger partial charge in [-0.3, -0.25) is 4.79 Å². The number of para-hydroxylation sites is 1. The molecule has 0 atom stereocenters. The Bertz CT molecular complexity index is 1510. The molecular formula is C25H19NO4S. The molecule has 154 valence electrons. The van der Waals surface area contributed by atoms with Crippen LogP contribution in [0, 0.1) is 0 Å². The molecule has 2 aromatic heterocycles. The Morgan fingerprint density at radius 1 is 0.903 bits per heavy atom. The zero-order valence-electron chi connectivity index (χ0n) is 16.6. The molecule has 0 bridgehead atoms. The molecule has 0 amide bonds. The molecule has 6 rings (SSSR count). The van der Waals surface area contributed by atoms with Crippen molar-refractivity contribution in [2.75, 3.05) is 31.2 Å². The van der Waals surface area contributed by atoms with Gasteiger partial charge >= 0.3 is 0 Å². The monoisotopic (exact) mass is 429 g/mol. The second-order valence-electron chi connectivity index (χ2n) is 7.67. The summed E-state index contributed by atoms with van der Waals surface area (Å²) < 4.78 is 13.9. The summed E-state index contributed by atoms with van der Waals surface area (Å²) >= 11 is 1.64. The van der Waals surface area contributed by atoms with E-state index in [0.29, 0.717) is 43.2 Å². The van der Waals surface area contributed by atoms with Crippen molar-refractivity contribution in [2.24, 2.45) is 0 Å². The maximum atomic E-state index is 12.9. The van der Waals surface area contributed by atoms with Crippen LogP contribution in [0.5, 0.6) is 5.75 Å². The molecule has 1 fully saturated rings. The number of fused-ring (bicyclic) bond motifs is 4. The summed E-state index contributed by atoms with van der Waals surface area (Å²) in [5.41, 5.74) is 2.41. The van der Waals surface area contributed by atoms with Crippen molar-refractivity contribution in [3.05, 3.63) is 70.9 Å². The largest absolute Gasteiger partial charge is 0.507 e. The van der Waals surface area contributed by atoms with Gasteiger partial charge in [0, 0.05) is 50.5 Å². The highest BCUT2D eigenvalue weighted by molar-refractivity contribution is 7.26. The first-order chi connectivity index (χ1) is 15.2. The number of ether oxygens (including phenoxy) is 1. The summed E-state index contributed by atoms with van der Waals surface area (Å²) in [6.07, 6.45) is 0. The van der Waals surface area contributed by atoms with Crippen LogP contribution in [-0.2, 0) is 4.74 Å². The summed E-state index contributed by atoms with van der Waals surface area (Å²) in [6, 6.07) is 18.9. The van der Waals surface area contributed by atoms with Crippen LogP contribution < -0.4 is 10.3 Å². The molecular weight excluding hydrogens is 410 g/mol. The lowest BCUT2D eigenvalue weighted by Gasteiger charge is -2.27. The molecule has 0 spiro atoms. The van der Waals surface area contributed by atoms with Crippen molar-refractivity contribution in [3.63, 3.8) is 0 Å².